The molecule has 5 rings (SSSR count). The number of fused-ring (bicyclic) bond motifs is 1. The van der Waals surface area contributed by atoms with Gasteiger partial charge in [0.05, 0.1) is 23.4 Å². The first kappa shape index (κ1) is 23.8. The molecule has 0 atom stereocenters. The fourth-order valence-electron chi connectivity index (χ4n) is 4.15. The third-order valence-electron chi connectivity index (χ3n) is 6.09. The third kappa shape index (κ3) is 5.82. The van der Waals surface area contributed by atoms with Crippen molar-refractivity contribution in [1.82, 2.24) is 5.16 Å². The van der Waals surface area contributed by atoms with Crippen molar-refractivity contribution in [3.8, 4) is 17.0 Å². The van der Waals surface area contributed by atoms with E-state index >= 15 is 0 Å². The van der Waals surface area contributed by atoms with E-state index in [2.05, 4.69) is 11.2 Å². The van der Waals surface area contributed by atoms with Gasteiger partial charge in [0.15, 0.2) is 5.58 Å². The van der Waals surface area contributed by atoms with Crippen LogP contribution < -0.4 is 4.74 Å². The molecule has 1 aliphatic rings. The number of halogens is 1. The molecule has 1 aliphatic carbocycles. The molecule has 0 spiro atoms. The summed E-state index contributed by atoms with van der Waals surface area (Å²) in [5.41, 5.74) is 4.56. The molecule has 7 heteroatoms. The molecule has 0 radical (unpaired) electrons. The summed E-state index contributed by atoms with van der Waals surface area (Å²) in [4.78, 5) is 11.8. The maximum atomic E-state index is 10.9. The largest absolute Gasteiger partial charge is 0.493 e. The summed E-state index contributed by atoms with van der Waals surface area (Å²) < 4.78 is 12.1. The minimum Gasteiger partial charge on any atom is -0.493 e. The average molecular weight is 508 g/mol. The fourth-order valence-corrected chi connectivity index (χ4v) is 5.36. The molecule has 1 N–H and O–H groups in total. The van der Waals surface area contributed by atoms with Crippen LogP contribution in [0, 0.1) is 5.92 Å². The number of hydrogen-bond donors (Lipinski definition) is 1. The summed E-state index contributed by atoms with van der Waals surface area (Å²) in [6, 6.07) is 19.6. The molecule has 1 saturated carbocycles. The van der Waals surface area contributed by atoms with Crippen molar-refractivity contribution in [1.29, 1.82) is 0 Å². The minimum absolute atomic E-state index is 0.0237. The van der Waals surface area contributed by atoms with Gasteiger partial charge < -0.3 is 14.4 Å². The van der Waals surface area contributed by atoms with Gasteiger partial charge in [-0.2, -0.15) is 0 Å². The number of thioether (sulfide) groups is 1. The van der Waals surface area contributed by atoms with Gasteiger partial charge in [0.1, 0.15) is 11.4 Å². The highest BCUT2D eigenvalue weighted by atomic mass is 35.5. The molecule has 0 amide bonds. The van der Waals surface area contributed by atoms with Crippen LogP contribution in [-0.4, -0.2) is 28.6 Å². The quantitative estimate of drug-likeness (QED) is 0.170. The number of carbonyl (C=O) groups is 1. The maximum Gasteiger partial charge on any atom is 0.307 e. The molecule has 1 fully saturated rings. The fraction of sp³-hybridized carbons (Fsp3) is 0.286. The number of carboxylic acids is 1. The van der Waals surface area contributed by atoms with Gasteiger partial charge in [-0.3, -0.25) is 4.79 Å². The predicted octanol–water partition coefficient (Wildman–Crippen LogP) is 7.29. The molecular weight excluding hydrogens is 482 g/mol. The second-order valence-corrected chi connectivity index (χ2v) is 10.4. The molecular formula is C28H26ClNO4S. The van der Waals surface area contributed by atoms with Crippen molar-refractivity contribution >= 4 is 40.3 Å². The Kier molecular flexibility index (Phi) is 7.30. The molecule has 1 aromatic heterocycles. The first-order valence-corrected chi connectivity index (χ1v) is 13.2. The molecule has 180 valence electrons. The van der Waals surface area contributed by atoms with E-state index in [-0.39, 0.29) is 6.42 Å². The van der Waals surface area contributed by atoms with Crippen LogP contribution >= 0.6 is 23.4 Å². The number of benzene rings is 3. The van der Waals surface area contributed by atoms with E-state index in [1.807, 2.05) is 48.5 Å². The van der Waals surface area contributed by atoms with E-state index in [1.54, 1.807) is 17.8 Å². The summed E-state index contributed by atoms with van der Waals surface area (Å²) in [6.07, 6.45) is 4.27. The topological polar surface area (TPSA) is 72.6 Å². The number of carboxylic acid groups (broad SMARTS) is 1. The van der Waals surface area contributed by atoms with Crippen LogP contribution in [0.1, 0.15) is 30.4 Å². The number of aliphatic carboxylic acids is 1. The summed E-state index contributed by atoms with van der Waals surface area (Å²) in [6.45, 7) is 0.588. The van der Waals surface area contributed by atoms with Crippen molar-refractivity contribution in [3.63, 3.8) is 0 Å². The zero-order chi connectivity index (χ0) is 24.2. The monoisotopic (exact) mass is 507 g/mol. The van der Waals surface area contributed by atoms with Crippen molar-refractivity contribution in [2.75, 3.05) is 12.4 Å². The van der Waals surface area contributed by atoms with Crippen LogP contribution in [0.2, 0.25) is 5.02 Å². The van der Waals surface area contributed by atoms with Gasteiger partial charge in [-0.1, -0.05) is 53.2 Å². The lowest BCUT2D eigenvalue weighted by molar-refractivity contribution is -0.136. The Hall–Kier alpha value is -2.96. The molecule has 0 bridgehead atoms. The lowest BCUT2D eigenvalue weighted by Crippen LogP contribution is -2.02. The Bertz CT molecular complexity index is 1330. The molecule has 5 nitrogen and oxygen atoms in total. The highest BCUT2D eigenvalue weighted by molar-refractivity contribution is 7.99. The Balaban J connectivity index is 1.23. The van der Waals surface area contributed by atoms with E-state index < -0.39 is 5.97 Å². The van der Waals surface area contributed by atoms with Gasteiger partial charge in [-0.05, 0) is 61.4 Å². The zero-order valence-electron chi connectivity index (χ0n) is 19.2. The van der Waals surface area contributed by atoms with Gasteiger partial charge >= 0.3 is 5.97 Å². The lowest BCUT2D eigenvalue weighted by Gasteiger charge is -2.12. The molecule has 4 aromatic rings. The second-order valence-electron chi connectivity index (χ2n) is 8.85. The molecule has 35 heavy (non-hydrogen) atoms. The molecule has 3 aromatic carbocycles. The van der Waals surface area contributed by atoms with Crippen molar-refractivity contribution < 1.29 is 19.2 Å². The van der Waals surface area contributed by atoms with Gasteiger partial charge in [-0.25, -0.2) is 0 Å². The van der Waals surface area contributed by atoms with Gasteiger partial charge in [-0.15, -0.1) is 11.8 Å². The summed E-state index contributed by atoms with van der Waals surface area (Å²) >= 11 is 7.99. The number of ether oxygens (including phenoxy) is 1. The Morgan fingerprint density at radius 3 is 2.71 bits per heavy atom. The lowest BCUT2D eigenvalue weighted by atomic mass is 10.0. The van der Waals surface area contributed by atoms with Crippen LogP contribution in [0.3, 0.4) is 0 Å². The van der Waals surface area contributed by atoms with Crippen molar-refractivity contribution in [2.24, 2.45) is 5.92 Å². The summed E-state index contributed by atoms with van der Waals surface area (Å²) in [5, 5.41) is 14.9. The SMILES string of the molecule is O=C(O)Cc1ccc(SCCCOc2ccc3c(-c4ccccc4)noc3c2CC2CC2)c(Cl)c1. The number of rotatable bonds is 11. The van der Waals surface area contributed by atoms with Crippen LogP contribution in [0.15, 0.2) is 70.1 Å². The molecule has 1 heterocycles. The highest BCUT2D eigenvalue weighted by Crippen LogP contribution is 2.40. The highest BCUT2D eigenvalue weighted by Gasteiger charge is 2.26. The summed E-state index contributed by atoms with van der Waals surface area (Å²) in [7, 11) is 0. The van der Waals surface area contributed by atoms with Crippen molar-refractivity contribution in [3.05, 3.63) is 76.8 Å². The van der Waals surface area contributed by atoms with Gasteiger partial charge in [0.2, 0.25) is 0 Å². The Labute approximate surface area is 213 Å². The Morgan fingerprint density at radius 1 is 1.14 bits per heavy atom. The molecule has 0 unspecified atom stereocenters. The number of nitrogens with zero attached hydrogens (tertiary/aromatic N) is 1. The zero-order valence-corrected chi connectivity index (χ0v) is 20.8. The van der Waals surface area contributed by atoms with E-state index in [0.717, 1.165) is 57.0 Å². The third-order valence-corrected chi connectivity index (χ3v) is 7.68. The summed E-state index contributed by atoms with van der Waals surface area (Å²) in [5.74, 6) is 1.55. The van der Waals surface area contributed by atoms with E-state index in [1.165, 1.54) is 12.8 Å². The van der Waals surface area contributed by atoms with Crippen molar-refractivity contribution in [2.45, 2.75) is 37.0 Å². The molecule has 0 saturated heterocycles. The molecule has 0 aliphatic heterocycles. The van der Waals surface area contributed by atoms with E-state index in [4.69, 9.17) is 26.0 Å². The van der Waals surface area contributed by atoms with Gasteiger partial charge in [0.25, 0.3) is 0 Å². The smallest absolute Gasteiger partial charge is 0.307 e. The predicted molar refractivity (Wildman–Crippen MR) is 140 cm³/mol. The first-order chi connectivity index (χ1) is 17.1. The Morgan fingerprint density at radius 2 is 1.97 bits per heavy atom. The van der Waals surface area contributed by atoms with Crippen LogP contribution in [0.5, 0.6) is 5.75 Å². The standard InChI is InChI=1S/C28H26ClNO4S/c29-23-16-19(17-26(31)32)9-12-25(23)35-14-4-13-33-24-11-10-21-27(20-5-2-1-3-6-20)30-34-28(21)22(24)15-18-7-8-18/h1-3,5-6,9-12,16,18H,4,7-8,13-15,17H2,(H,31,32). The average Bonchev–Trinajstić information content (AvgIpc) is 3.56. The van der Waals surface area contributed by atoms with Gasteiger partial charge in [0, 0.05) is 21.8 Å². The normalized spacial score (nSPS) is 13.3. The second kappa shape index (κ2) is 10.8. The minimum atomic E-state index is -0.862. The van der Waals surface area contributed by atoms with Crippen LogP contribution in [0.25, 0.3) is 22.2 Å². The number of aromatic nitrogens is 1. The maximum absolute atomic E-state index is 10.9. The van der Waals surface area contributed by atoms with E-state index in [9.17, 15) is 4.79 Å². The van der Waals surface area contributed by atoms with Crippen LogP contribution in [0.4, 0.5) is 0 Å². The number of hydrogen-bond acceptors (Lipinski definition) is 5. The van der Waals surface area contributed by atoms with E-state index in [0.29, 0.717) is 23.1 Å². The first-order valence-electron chi connectivity index (χ1n) is 11.8. The van der Waals surface area contributed by atoms with Crippen LogP contribution in [-0.2, 0) is 17.6 Å².